The quantitative estimate of drug-likeness (QED) is 0.795. The molecule has 0 spiro atoms. The molecule has 6 nitrogen and oxygen atoms in total. The van der Waals surface area contributed by atoms with Crippen molar-refractivity contribution in [3.05, 3.63) is 29.8 Å². The molecule has 0 saturated carbocycles. The van der Waals surface area contributed by atoms with Crippen LogP contribution in [0.2, 0.25) is 0 Å². The molecule has 6 heteroatoms. The summed E-state index contributed by atoms with van der Waals surface area (Å²) in [7, 11) is 1.63. The maximum absolute atomic E-state index is 11.7. The average molecular weight is 308 g/mol. The topological polar surface area (TPSA) is 67.9 Å². The van der Waals surface area contributed by atoms with Crippen molar-refractivity contribution in [2.75, 3.05) is 33.4 Å². The number of alkyl carbamates (subject to hydrolysis) is 1. The van der Waals surface area contributed by atoms with E-state index in [0.717, 1.165) is 11.3 Å². The zero-order valence-electron chi connectivity index (χ0n) is 13.4. The van der Waals surface area contributed by atoms with Crippen molar-refractivity contribution in [3.63, 3.8) is 0 Å². The van der Waals surface area contributed by atoms with Gasteiger partial charge in [0, 0.05) is 26.6 Å². The van der Waals surface area contributed by atoms with E-state index in [0.29, 0.717) is 32.7 Å². The third-order valence-electron chi connectivity index (χ3n) is 3.22. The second-order valence-electron chi connectivity index (χ2n) is 4.72. The lowest BCUT2D eigenvalue weighted by Gasteiger charge is -2.21. The van der Waals surface area contributed by atoms with Gasteiger partial charge in [-0.15, -0.1) is 0 Å². The highest BCUT2D eigenvalue weighted by atomic mass is 16.5. The fourth-order valence-corrected chi connectivity index (χ4v) is 2.07. The third kappa shape index (κ3) is 6.03. The predicted octanol–water partition coefficient (Wildman–Crippen LogP) is 1.83. The summed E-state index contributed by atoms with van der Waals surface area (Å²) in [6.45, 7) is 4.98. The van der Waals surface area contributed by atoms with Gasteiger partial charge in [0.05, 0.1) is 13.7 Å². The molecular formula is C16H24N2O4. The molecule has 0 atom stereocenters. The number of ether oxygens (including phenoxy) is 2. The van der Waals surface area contributed by atoms with Crippen LogP contribution in [-0.4, -0.2) is 50.3 Å². The Hall–Kier alpha value is -2.24. The molecule has 122 valence electrons. The molecule has 0 unspecified atom stereocenters. The number of methoxy groups -OCH3 is 1. The van der Waals surface area contributed by atoms with E-state index in [1.165, 1.54) is 6.92 Å². The van der Waals surface area contributed by atoms with Crippen LogP contribution in [0.25, 0.3) is 0 Å². The van der Waals surface area contributed by atoms with Crippen molar-refractivity contribution in [3.8, 4) is 5.75 Å². The summed E-state index contributed by atoms with van der Waals surface area (Å²) in [6.07, 6.45) is 0.235. The first-order valence-corrected chi connectivity index (χ1v) is 7.36. The Morgan fingerprint density at radius 2 is 1.95 bits per heavy atom. The third-order valence-corrected chi connectivity index (χ3v) is 3.22. The summed E-state index contributed by atoms with van der Waals surface area (Å²) in [5.74, 6) is 0.788. The Kier molecular flexibility index (Phi) is 7.81. The minimum atomic E-state index is -0.462. The van der Waals surface area contributed by atoms with Crippen LogP contribution in [0.4, 0.5) is 4.79 Å². The maximum Gasteiger partial charge on any atom is 0.407 e. The van der Waals surface area contributed by atoms with E-state index in [4.69, 9.17) is 9.47 Å². The largest absolute Gasteiger partial charge is 0.496 e. The van der Waals surface area contributed by atoms with E-state index in [1.807, 2.05) is 24.3 Å². The molecule has 2 amide bonds. The smallest absolute Gasteiger partial charge is 0.407 e. The molecule has 0 aliphatic carbocycles. The molecule has 1 rings (SSSR count). The number of para-hydroxylation sites is 1. The maximum atomic E-state index is 11.7. The van der Waals surface area contributed by atoms with Crippen molar-refractivity contribution in [2.45, 2.75) is 20.3 Å². The number of rotatable bonds is 8. The van der Waals surface area contributed by atoms with E-state index in [1.54, 1.807) is 18.9 Å². The van der Waals surface area contributed by atoms with Gasteiger partial charge in [0.1, 0.15) is 5.75 Å². The van der Waals surface area contributed by atoms with Crippen LogP contribution in [0.15, 0.2) is 24.3 Å². The van der Waals surface area contributed by atoms with Gasteiger partial charge in [-0.05, 0) is 25.0 Å². The van der Waals surface area contributed by atoms with Gasteiger partial charge in [0.2, 0.25) is 5.91 Å². The first-order chi connectivity index (χ1) is 10.6. The van der Waals surface area contributed by atoms with Crippen molar-refractivity contribution in [1.82, 2.24) is 10.2 Å². The molecule has 0 bridgehead atoms. The van der Waals surface area contributed by atoms with Gasteiger partial charge >= 0.3 is 6.09 Å². The lowest BCUT2D eigenvalue weighted by Crippen LogP contribution is -2.38. The van der Waals surface area contributed by atoms with Crippen molar-refractivity contribution < 1.29 is 19.1 Å². The number of nitrogens with one attached hydrogen (secondary N) is 1. The van der Waals surface area contributed by atoms with E-state index in [9.17, 15) is 9.59 Å². The van der Waals surface area contributed by atoms with E-state index in [-0.39, 0.29) is 5.91 Å². The SMILES string of the molecule is CCOC(=O)NCCN(CCc1ccccc1OC)C(C)=O. The second kappa shape index (κ2) is 9.65. The predicted molar refractivity (Wildman–Crippen MR) is 84.0 cm³/mol. The van der Waals surface area contributed by atoms with Crippen molar-refractivity contribution in [1.29, 1.82) is 0 Å². The van der Waals surface area contributed by atoms with Gasteiger partial charge in [-0.25, -0.2) is 4.79 Å². The van der Waals surface area contributed by atoms with Crippen LogP contribution in [0.5, 0.6) is 5.75 Å². The first-order valence-electron chi connectivity index (χ1n) is 7.36. The number of carbonyl (C=O) groups excluding carboxylic acids is 2. The standard InChI is InChI=1S/C16H24N2O4/c1-4-22-16(20)17-10-12-18(13(2)19)11-9-14-7-5-6-8-15(14)21-3/h5-8H,4,9-12H2,1-3H3,(H,17,20). The summed E-state index contributed by atoms with van der Waals surface area (Å²) in [4.78, 5) is 24.6. The average Bonchev–Trinajstić information content (AvgIpc) is 2.50. The van der Waals surface area contributed by atoms with E-state index in [2.05, 4.69) is 5.32 Å². The summed E-state index contributed by atoms with van der Waals surface area (Å²) in [5, 5.41) is 2.61. The molecule has 1 N–H and O–H groups in total. The Balaban J connectivity index is 2.47. The number of benzene rings is 1. The second-order valence-corrected chi connectivity index (χ2v) is 4.72. The fraction of sp³-hybridized carbons (Fsp3) is 0.500. The Morgan fingerprint density at radius 1 is 1.23 bits per heavy atom. The zero-order chi connectivity index (χ0) is 16.4. The number of hydrogen-bond donors (Lipinski definition) is 1. The van der Waals surface area contributed by atoms with Crippen LogP contribution in [0.3, 0.4) is 0 Å². The van der Waals surface area contributed by atoms with Gasteiger partial charge in [0.25, 0.3) is 0 Å². The Labute approximate surface area is 131 Å². The number of carbonyl (C=O) groups is 2. The highest BCUT2D eigenvalue weighted by Crippen LogP contribution is 2.17. The highest BCUT2D eigenvalue weighted by molar-refractivity contribution is 5.73. The van der Waals surface area contributed by atoms with Gasteiger partial charge in [-0.3, -0.25) is 4.79 Å². The van der Waals surface area contributed by atoms with Crippen LogP contribution < -0.4 is 10.1 Å². The lowest BCUT2D eigenvalue weighted by atomic mass is 10.1. The van der Waals surface area contributed by atoms with Gasteiger partial charge in [-0.2, -0.15) is 0 Å². The van der Waals surface area contributed by atoms with Crippen molar-refractivity contribution >= 4 is 12.0 Å². The molecule has 0 aliphatic heterocycles. The van der Waals surface area contributed by atoms with E-state index >= 15 is 0 Å². The monoisotopic (exact) mass is 308 g/mol. The molecular weight excluding hydrogens is 284 g/mol. The summed E-state index contributed by atoms with van der Waals surface area (Å²) < 4.78 is 10.1. The van der Waals surface area contributed by atoms with Crippen LogP contribution in [0, 0.1) is 0 Å². The molecule has 0 fully saturated rings. The lowest BCUT2D eigenvalue weighted by molar-refractivity contribution is -0.128. The summed E-state index contributed by atoms with van der Waals surface area (Å²) in [6, 6.07) is 7.73. The molecule has 0 saturated heterocycles. The van der Waals surface area contributed by atoms with E-state index < -0.39 is 6.09 Å². The summed E-state index contributed by atoms with van der Waals surface area (Å²) in [5.41, 5.74) is 1.05. The number of hydrogen-bond acceptors (Lipinski definition) is 4. The number of nitrogens with zero attached hydrogens (tertiary/aromatic N) is 1. The van der Waals surface area contributed by atoms with Crippen LogP contribution in [0.1, 0.15) is 19.4 Å². The highest BCUT2D eigenvalue weighted by Gasteiger charge is 2.11. The van der Waals surface area contributed by atoms with Gasteiger partial charge in [-0.1, -0.05) is 18.2 Å². The molecule has 0 radical (unpaired) electrons. The summed E-state index contributed by atoms with van der Waals surface area (Å²) >= 11 is 0. The Bertz CT molecular complexity index is 491. The van der Waals surface area contributed by atoms with Crippen LogP contribution in [-0.2, 0) is 16.0 Å². The number of amides is 2. The van der Waals surface area contributed by atoms with Gasteiger partial charge < -0.3 is 19.7 Å². The fourth-order valence-electron chi connectivity index (χ4n) is 2.07. The molecule has 1 aromatic rings. The van der Waals surface area contributed by atoms with Crippen molar-refractivity contribution in [2.24, 2.45) is 0 Å². The minimum absolute atomic E-state index is 0.0273. The zero-order valence-corrected chi connectivity index (χ0v) is 13.4. The minimum Gasteiger partial charge on any atom is -0.496 e. The van der Waals surface area contributed by atoms with Gasteiger partial charge in [0.15, 0.2) is 0 Å². The molecule has 0 aliphatic rings. The van der Waals surface area contributed by atoms with Crippen LogP contribution >= 0.6 is 0 Å². The molecule has 1 aromatic carbocycles. The molecule has 22 heavy (non-hydrogen) atoms. The Morgan fingerprint density at radius 3 is 2.59 bits per heavy atom. The molecule has 0 heterocycles. The first kappa shape index (κ1) is 17.8. The normalized spacial score (nSPS) is 9.95. The molecule has 0 aromatic heterocycles.